The lowest BCUT2D eigenvalue weighted by Gasteiger charge is -2.30. The number of rotatable bonds is 2. The van der Waals surface area contributed by atoms with Gasteiger partial charge >= 0.3 is 0 Å². The summed E-state index contributed by atoms with van der Waals surface area (Å²) in [5.41, 5.74) is -0.137. The molecular formula is C22H20FN3O3. The highest BCUT2D eigenvalue weighted by Gasteiger charge is 2.71. The molecule has 7 heteroatoms. The number of hydrogen-bond acceptors (Lipinski definition) is 4. The Bertz CT molecular complexity index is 1070. The number of fused-ring (bicyclic) bond motifs is 4. The maximum Gasteiger partial charge on any atom is 0.250 e. The molecule has 3 aliphatic heterocycles. The fourth-order valence-electron chi connectivity index (χ4n) is 5.13. The van der Waals surface area contributed by atoms with Crippen LogP contribution in [-0.2, 0) is 19.9 Å². The number of carbonyl (C=O) groups is 3. The molecule has 0 aromatic heterocycles. The van der Waals surface area contributed by atoms with Gasteiger partial charge in [-0.1, -0.05) is 44.2 Å². The molecule has 148 valence electrons. The minimum atomic E-state index is -1.34. The highest BCUT2D eigenvalue weighted by Crippen LogP contribution is 2.54. The van der Waals surface area contributed by atoms with E-state index in [2.05, 4.69) is 10.6 Å². The second kappa shape index (κ2) is 5.97. The molecule has 6 nitrogen and oxygen atoms in total. The van der Waals surface area contributed by atoms with Crippen LogP contribution in [0.2, 0.25) is 0 Å². The summed E-state index contributed by atoms with van der Waals surface area (Å²) < 4.78 is 14.5. The number of imide groups is 1. The summed E-state index contributed by atoms with van der Waals surface area (Å²) >= 11 is 0. The van der Waals surface area contributed by atoms with Gasteiger partial charge in [-0.15, -0.1) is 0 Å². The van der Waals surface area contributed by atoms with Gasteiger partial charge in [0.25, 0.3) is 0 Å². The third-order valence-corrected chi connectivity index (χ3v) is 6.37. The molecule has 2 aromatic carbocycles. The Morgan fingerprint density at radius 2 is 1.69 bits per heavy atom. The Hall–Kier alpha value is -3.06. The van der Waals surface area contributed by atoms with Crippen LogP contribution in [0.5, 0.6) is 0 Å². The first kappa shape index (κ1) is 18.0. The fraction of sp³-hybridized carbons (Fsp3) is 0.318. The lowest BCUT2D eigenvalue weighted by atomic mass is 9.76. The molecule has 0 radical (unpaired) electrons. The van der Waals surface area contributed by atoms with Crippen LogP contribution in [0.25, 0.3) is 0 Å². The quantitative estimate of drug-likeness (QED) is 0.768. The number of para-hydroxylation sites is 2. The first-order valence-corrected chi connectivity index (χ1v) is 9.69. The van der Waals surface area contributed by atoms with Gasteiger partial charge in [0.05, 0.1) is 17.5 Å². The minimum Gasteiger partial charge on any atom is -0.324 e. The van der Waals surface area contributed by atoms with Gasteiger partial charge < -0.3 is 5.32 Å². The molecule has 3 aliphatic rings. The van der Waals surface area contributed by atoms with E-state index in [0.29, 0.717) is 11.3 Å². The maximum absolute atomic E-state index is 14.5. The van der Waals surface area contributed by atoms with Crippen LogP contribution in [0.4, 0.5) is 15.8 Å². The summed E-state index contributed by atoms with van der Waals surface area (Å²) in [7, 11) is 0. The van der Waals surface area contributed by atoms with Crippen molar-refractivity contribution in [3.63, 3.8) is 0 Å². The predicted molar refractivity (Wildman–Crippen MR) is 104 cm³/mol. The average molecular weight is 393 g/mol. The third-order valence-electron chi connectivity index (χ3n) is 6.37. The monoisotopic (exact) mass is 393 g/mol. The molecule has 5 rings (SSSR count). The molecule has 2 N–H and O–H groups in total. The van der Waals surface area contributed by atoms with Crippen LogP contribution in [0.3, 0.4) is 0 Å². The van der Waals surface area contributed by atoms with Gasteiger partial charge in [-0.2, -0.15) is 0 Å². The lowest BCUT2D eigenvalue weighted by molar-refractivity contribution is -0.130. The molecule has 2 aromatic rings. The molecule has 3 heterocycles. The van der Waals surface area contributed by atoms with E-state index in [4.69, 9.17) is 0 Å². The van der Waals surface area contributed by atoms with E-state index in [1.807, 2.05) is 13.8 Å². The third kappa shape index (κ3) is 2.16. The van der Waals surface area contributed by atoms with Gasteiger partial charge in [-0.25, -0.2) is 9.29 Å². The van der Waals surface area contributed by atoms with E-state index in [9.17, 15) is 18.8 Å². The van der Waals surface area contributed by atoms with Crippen LogP contribution in [-0.4, -0.2) is 23.8 Å². The molecular weight excluding hydrogens is 373 g/mol. The van der Waals surface area contributed by atoms with E-state index in [1.54, 1.807) is 30.3 Å². The van der Waals surface area contributed by atoms with E-state index in [-0.39, 0.29) is 17.5 Å². The Kier molecular flexibility index (Phi) is 3.70. The number of nitrogens with zero attached hydrogens (tertiary/aromatic N) is 1. The van der Waals surface area contributed by atoms with Gasteiger partial charge in [-0.3, -0.25) is 19.7 Å². The number of anilines is 2. The number of benzene rings is 2. The predicted octanol–water partition coefficient (Wildman–Crippen LogP) is 2.41. The molecule has 1 spiro atoms. The van der Waals surface area contributed by atoms with Crippen LogP contribution < -0.4 is 15.5 Å². The van der Waals surface area contributed by atoms with Gasteiger partial charge in [0.15, 0.2) is 0 Å². The summed E-state index contributed by atoms with van der Waals surface area (Å²) in [6.45, 7) is 3.88. The average Bonchev–Trinajstić information content (AvgIpc) is 3.28. The molecule has 2 saturated heterocycles. The number of carbonyl (C=O) groups excluding carboxylic acids is 3. The largest absolute Gasteiger partial charge is 0.324 e. The summed E-state index contributed by atoms with van der Waals surface area (Å²) in [4.78, 5) is 41.1. The van der Waals surface area contributed by atoms with Crippen LogP contribution in [0.1, 0.15) is 19.4 Å². The van der Waals surface area contributed by atoms with Crippen molar-refractivity contribution in [2.45, 2.75) is 25.4 Å². The molecule has 0 bridgehead atoms. The normalized spacial score (nSPS) is 30.3. The van der Waals surface area contributed by atoms with Gasteiger partial charge in [0, 0.05) is 17.3 Å². The molecule has 0 aliphatic carbocycles. The zero-order valence-electron chi connectivity index (χ0n) is 16.0. The Morgan fingerprint density at radius 3 is 2.41 bits per heavy atom. The van der Waals surface area contributed by atoms with Gasteiger partial charge in [0.1, 0.15) is 11.4 Å². The number of nitrogens with one attached hydrogen (secondary N) is 2. The zero-order valence-corrected chi connectivity index (χ0v) is 16.0. The van der Waals surface area contributed by atoms with Gasteiger partial charge in [-0.05, 0) is 24.1 Å². The first-order valence-electron chi connectivity index (χ1n) is 9.69. The standard InChI is InChI=1S/C22H20FN3O3/c1-11(2)18-16-17(20(28)26(19(16)27)15-10-6-4-8-13(15)23)22(25-18)12-7-3-5-9-14(12)24-21(22)29/h3-11,16-18,25H,1-2H3,(H,24,29). The minimum absolute atomic E-state index is 0.0141. The van der Waals surface area contributed by atoms with Crippen molar-refractivity contribution in [2.75, 3.05) is 10.2 Å². The Labute approximate surface area is 167 Å². The van der Waals surface area contributed by atoms with Crippen molar-refractivity contribution in [2.24, 2.45) is 17.8 Å². The van der Waals surface area contributed by atoms with E-state index < -0.39 is 41.0 Å². The maximum atomic E-state index is 14.5. The van der Waals surface area contributed by atoms with Crippen molar-refractivity contribution in [1.82, 2.24) is 5.32 Å². The Balaban J connectivity index is 1.71. The zero-order chi connectivity index (χ0) is 20.5. The van der Waals surface area contributed by atoms with Crippen LogP contribution in [0.15, 0.2) is 48.5 Å². The van der Waals surface area contributed by atoms with Gasteiger partial charge in [0.2, 0.25) is 17.7 Å². The van der Waals surface area contributed by atoms with Crippen LogP contribution in [0, 0.1) is 23.6 Å². The lowest BCUT2D eigenvalue weighted by Crippen LogP contribution is -2.54. The number of halogens is 1. The summed E-state index contributed by atoms with van der Waals surface area (Å²) in [6.07, 6.45) is 0. The highest BCUT2D eigenvalue weighted by atomic mass is 19.1. The smallest absolute Gasteiger partial charge is 0.250 e. The fourth-order valence-corrected chi connectivity index (χ4v) is 5.13. The summed E-state index contributed by atoms with van der Waals surface area (Å²) in [5, 5.41) is 6.19. The SMILES string of the molecule is CC(C)C1NC2(C(=O)Nc3ccccc32)C2C(=O)N(c3ccccc3F)C(=O)C12. The van der Waals surface area contributed by atoms with E-state index in [1.165, 1.54) is 18.2 Å². The van der Waals surface area contributed by atoms with Crippen molar-refractivity contribution in [3.8, 4) is 0 Å². The van der Waals surface area contributed by atoms with Crippen molar-refractivity contribution < 1.29 is 18.8 Å². The number of amides is 3. The summed E-state index contributed by atoms with van der Waals surface area (Å²) in [6, 6.07) is 12.5. The molecule has 4 unspecified atom stereocenters. The molecule has 3 amide bonds. The van der Waals surface area contributed by atoms with Crippen LogP contribution >= 0.6 is 0 Å². The van der Waals surface area contributed by atoms with Crippen molar-refractivity contribution in [3.05, 3.63) is 59.9 Å². The second-order valence-corrected chi connectivity index (χ2v) is 8.19. The molecule has 29 heavy (non-hydrogen) atoms. The van der Waals surface area contributed by atoms with E-state index in [0.717, 1.165) is 4.90 Å². The molecule has 2 fully saturated rings. The van der Waals surface area contributed by atoms with Crippen molar-refractivity contribution >= 4 is 29.1 Å². The first-order chi connectivity index (χ1) is 13.9. The topological polar surface area (TPSA) is 78.5 Å². The number of hydrogen-bond donors (Lipinski definition) is 2. The molecule has 0 saturated carbocycles. The molecule has 4 atom stereocenters. The van der Waals surface area contributed by atoms with E-state index >= 15 is 0 Å². The highest BCUT2D eigenvalue weighted by molar-refractivity contribution is 6.25. The second-order valence-electron chi connectivity index (χ2n) is 8.19. The summed E-state index contributed by atoms with van der Waals surface area (Å²) in [5.74, 6) is -3.72. The van der Waals surface area contributed by atoms with Crippen molar-refractivity contribution in [1.29, 1.82) is 0 Å². The Morgan fingerprint density at radius 1 is 1.00 bits per heavy atom.